The first-order valence-electron chi connectivity index (χ1n) is 11.2. The summed E-state index contributed by atoms with van der Waals surface area (Å²) in [6.07, 6.45) is 6.67. The van der Waals surface area contributed by atoms with Crippen molar-refractivity contribution < 1.29 is 9.59 Å². The largest absolute Gasteiger partial charge is 0.353 e. The topological polar surface area (TPSA) is 84.6 Å². The molecule has 4 heterocycles. The molecule has 2 fully saturated rings. The number of hydrogen-bond acceptors (Lipinski definition) is 5. The highest BCUT2D eigenvalue weighted by atomic mass is 16.2. The van der Waals surface area contributed by atoms with Crippen LogP contribution in [0.2, 0.25) is 0 Å². The normalized spacial score (nSPS) is 26.4. The number of benzene rings is 1. The number of nitrogens with one attached hydrogen (secondary N) is 2. The van der Waals surface area contributed by atoms with Crippen molar-refractivity contribution in [2.75, 3.05) is 31.6 Å². The number of nitrogens with zero attached hydrogens (tertiary/aromatic N) is 4. The maximum Gasteiger partial charge on any atom is 0.239 e. The molecule has 3 aliphatic heterocycles. The van der Waals surface area contributed by atoms with Crippen LogP contribution in [0, 0.1) is 0 Å². The molecule has 8 nitrogen and oxygen atoms in total. The van der Waals surface area contributed by atoms with E-state index in [-0.39, 0.29) is 29.9 Å². The zero-order valence-corrected chi connectivity index (χ0v) is 18.0. The number of carbonyl (C=O) groups excluding carboxylic acids is 2. The average Bonchev–Trinajstić information content (AvgIpc) is 3.51. The van der Waals surface area contributed by atoms with Gasteiger partial charge in [0.15, 0.2) is 0 Å². The number of likely N-dealkylation sites (N-methyl/N-ethyl adjacent to an activating group) is 1. The Kier molecular flexibility index (Phi) is 5.50. The first-order valence-corrected chi connectivity index (χ1v) is 11.2. The second-order valence-electron chi connectivity index (χ2n) is 8.83. The van der Waals surface area contributed by atoms with Gasteiger partial charge in [-0.2, -0.15) is 0 Å². The van der Waals surface area contributed by atoms with Gasteiger partial charge < -0.3 is 15.2 Å². The molecule has 5 rings (SSSR count). The van der Waals surface area contributed by atoms with E-state index in [9.17, 15) is 9.59 Å². The molecule has 0 saturated carbocycles. The highest BCUT2D eigenvalue weighted by Gasteiger charge is 2.45. The van der Waals surface area contributed by atoms with Crippen LogP contribution in [0.3, 0.4) is 0 Å². The van der Waals surface area contributed by atoms with Crippen molar-refractivity contribution in [3.05, 3.63) is 48.0 Å². The summed E-state index contributed by atoms with van der Waals surface area (Å²) in [5, 5.41) is 3.14. The number of amides is 2. The van der Waals surface area contributed by atoms with E-state index in [1.165, 1.54) is 5.56 Å². The van der Waals surface area contributed by atoms with Gasteiger partial charge in [-0.1, -0.05) is 18.2 Å². The maximum atomic E-state index is 13.0. The first kappa shape index (κ1) is 20.2. The number of aromatic nitrogens is 2. The van der Waals surface area contributed by atoms with Crippen LogP contribution in [0.4, 0.5) is 5.69 Å². The van der Waals surface area contributed by atoms with Crippen molar-refractivity contribution in [2.24, 2.45) is 0 Å². The number of H-pyrrole nitrogens is 1. The van der Waals surface area contributed by atoms with Crippen LogP contribution < -0.4 is 10.2 Å². The average molecular weight is 423 g/mol. The molecule has 3 atom stereocenters. The van der Waals surface area contributed by atoms with Gasteiger partial charge in [0.25, 0.3) is 0 Å². The predicted octanol–water partition coefficient (Wildman–Crippen LogP) is 1.15. The van der Waals surface area contributed by atoms with Crippen molar-refractivity contribution in [1.82, 2.24) is 25.1 Å². The Bertz CT molecular complexity index is 945. The monoisotopic (exact) mass is 422 g/mol. The number of imidazole rings is 1. The van der Waals surface area contributed by atoms with E-state index in [1.807, 2.05) is 29.3 Å². The summed E-state index contributed by atoms with van der Waals surface area (Å²) < 4.78 is 0. The SMILES string of the molecule is CN1[C@@H](CCC(=O)N2CCc3ccccc32)CNC(=O)[C@@H]2[C@H]1CCN2Cc1ncc[nH]1. The standard InChI is InChI=1S/C23H30N6O2/c1-27-17(6-7-21(30)29-13-8-16-4-2-3-5-18(16)29)14-26-23(31)22-19(27)9-12-28(22)15-20-24-10-11-25-20/h2-5,10-11,17,19,22H,6-9,12-15H2,1H3,(H,24,25)(H,26,31)/t17-,19+,22-/m0/s1. The fourth-order valence-electron chi connectivity index (χ4n) is 5.43. The Hall–Kier alpha value is -2.71. The van der Waals surface area contributed by atoms with Crippen LogP contribution >= 0.6 is 0 Å². The fourth-order valence-corrected chi connectivity index (χ4v) is 5.43. The lowest BCUT2D eigenvalue weighted by Crippen LogP contribution is -2.49. The third kappa shape index (κ3) is 3.85. The number of hydrogen-bond donors (Lipinski definition) is 2. The zero-order valence-electron chi connectivity index (χ0n) is 18.0. The molecule has 2 N–H and O–H groups in total. The van der Waals surface area contributed by atoms with E-state index >= 15 is 0 Å². The van der Waals surface area contributed by atoms with E-state index in [2.05, 4.69) is 38.2 Å². The summed E-state index contributed by atoms with van der Waals surface area (Å²) in [7, 11) is 2.11. The predicted molar refractivity (Wildman–Crippen MR) is 117 cm³/mol. The van der Waals surface area contributed by atoms with Gasteiger partial charge in [0.2, 0.25) is 11.8 Å². The summed E-state index contributed by atoms with van der Waals surface area (Å²) in [6, 6.07) is 8.30. The Morgan fingerprint density at radius 1 is 1.26 bits per heavy atom. The van der Waals surface area contributed by atoms with Crippen molar-refractivity contribution in [3.63, 3.8) is 0 Å². The second-order valence-corrected chi connectivity index (χ2v) is 8.83. The Morgan fingerprint density at radius 2 is 2.13 bits per heavy atom. The van der Waals surface area contributed by atoms with Crippen LogP contribution in [0.1, 0.15) is 30.7 Å². The number of fused-ring (bicyclic) bond motifs is 2. The number of rotatable bonds is 5. The molecule has 2 aromatic rings. The van der Waals surface area contributed by atoms with Gasteiger partial charge in [0.05, 0.1) is 6.54 Å². The summed E-state index contributed by atoms with van der Waals surface area (Å²) in [5.41, 5.74) is 2.31. The van der Waals surface area contributed by atoms with Gasteiger partial charge in [0, 0.05) is 56.2 Å². The van der Waals surface area contributed by atoms with Gasteiger partial charge in [-0.3, -0.25) is 19.4 Å². The quantitative estimate of drug-likeness (QED) is 0.755. The summed E-state index contributed by atoms with van der Waals surface area (Å²) in [6.45, 7) is 2.86. The molecule has 0 bridgehead atoms. The molecule has 1 aromatic carbocycles. The molecule has 0 aliphatic carbocycles. The lowest BCUT2D eigenvalue weighted by molar-refractivity contribution is -0.126. The van der Waals surface area contributed by atoms with Crippen molar-refractivity contribution >= 4 is 17.5 Å². The Morgan fingerprint density at radius 3 is 2.97 bits per heavy atom. The lowest BCUT2D eigenvalue weighted by Gasteiger charge is -2.33. The third-order valence-electron chi connectivity index (χ3n) is 7.14. The number of anilines is 1. The molecule has 3 aliphatic rings. The minimum absolute atomic E-state index is 0.0863. The van der Waals surface area contributed by atoms with Gasteiger partial charge in [-0.15, -0.1) is 0 Å². The van der Waals surface area contributed by atoms with Crippen molar-refractivity contribution in [2.45, 2.75) is 50.4 Å². The van der Waals surface area contributed by atoms with Crippen LogP contribution in [0.5, 0.6) is 0 Å². The van der Waals surface area contributed by atoms with E-state index in [0.717, 1.165) is 43.9 Å². The highest BCUT2D eigenvalue weighted by molar-refractivity contribution is 5.95. The van der Waals surface area contributed by atoms with Gasteiger partial charge in [-0.05, 0) is 37.9 Å². The molecule has 2 saturated heterocycles. The number of para-hydroxylation sites is 1. The van der Waals surface area contributed by atoms with E-state index < -0.39 is 0 Å². The minimum Gasteiger partial charge on any atom is -0.353 e. The van der Waals surface area contributed by atoms with Crippen molar-refractivity contribution in [1.29, 1.82) is 0 Å². The molecule has 0 radical (unpaired) electrons. The van der Waals surface area contributed by atoms with Crippen molar-refractivity contribution in [3.8, 4) is 0 Å². The van der Waals surface area contributed by atoms with Crippen LogP contribution in [0.25, 0.3) is 0 Å². The Balaban J connectivity index is 1.23. The zero-order chi connectivity index (χ0) is 21.4. The molecular formula is C23H30N6O2. The number of carbonyl (C=O) groups is 2. The maximum absolute atomic E-state index is 13.0. The van der Waals surface area contributed by atoms with Gasteiger partial charge in [0.1, 0.15) is 11.9 Å². The molecule has 1 aromatic heterocycles. The third-order valence-corrected chi connectivity index (χ3v) is 7.14. The van der Waals surface area contributed by atoms with Crippen LogP contribution in [0.15, 0.2) is 36.7 Å². The highest BCUT2D eigenvalue weighted by Crippen LogP contribution is 2.30. The smallest absolute Gasteiger partial charge is 0.239 e. The summed E-state index contributed by atoms with van der Waals surface area (Å²) in [4.78, 5) is 39.8. The summed E-state index contributed by atoms with van der Waals surface area (Å²) in [5.74, 6) is 1.15. The van der Waals surface area contributed by atoms with E-state index in [0.29, 0.717) is 19.5 Å². The number of likely N-dealkylation sites (tertiary alicyclic amines) is 1. The second kappa shape index (κ2) is 8.43. The molecule has 164 valence electrons. The molecule has 2 amide bonds. The summed E-state index contributed by atoms with van der Waals surface area (Å²) >= 11 is 0. The van der Waals surface area contributed by atoms with E-state index in [4.69, 9.17) is 0 Å². The lowest BCUT2D eigenvalue weighted by atomic mass is 10.0. The van der Waals surface area contributed by atoms with Gasteiger partial charge >= 0.3 is 0 Å². The molecular weight excluding hydrogens is 392 g/mol. The fraction of sp³-hybridized carbons (Fsp3) is 0.522. The van der Waals surface area contributed by atoms with Crippen LogP contribution in [-0.2, 0) is 22.6 Å². The van der Waals surface area contributed by atoms with Gasteiger partial charge in [-0.25, -0.2) is 4.98 Å². The first-order chi connectivity index (χ1) is 15.1. The minimum atomic E-state index is -0.179. The molecule has 0 unspecified atom stereocenters. The molecule has 31 heavy (non-hydrogen) atoms. The van der Waals surface area contributed by atoms with E-state index in [1.54, 1.807) is 6.20 Å². The molecule has 8 heteroatoms. The van der Waals surface area contributed by atoms with Crippen LogP contribution in [-0.4, -0.2) is 76.4 Å². The molecule has 0 spiro atoms. The Labute approximate surface area is 182 Å². The number of aromatic amines is 1.